The third-order valence-electron chi connectivity index (χ3n) is 3.91. The van der Waals surface area contributed by atoms with Crippen molar-refractivity contribution in [2.24, 2.45) is 0 Å². The summed E-state index contributed by atoms with van der Waals surface area (Å²) >= 11 is 0. The molecular formula is C21H24O2. The van der Waals surface area contributed by atoms with Crippen molar-refractivity contribution < 1.29 is 10.2 Å². The van der Waals surface area contributed by atoms with Gasteiger partial charge in [0.1, 0.15) is 11.5 Å². The molecule has 2 nitrogen and oxygen atoms in total. The number of hydrogen-bond acceptors (Lipinski definition) is 2. The first-order chi connectivity index (χ1) is 11.1. The number of phenolic OH excluding ortho intramolecular Hbond substituents is 2. The number of rotatable bonds is 6. The molecule has 2 aromatic rings. The Balaban J connectivity index is 2.35. The summed E-state index contributed by atoms with van der Waals surface area (Å²) in [6.07, 6.45) is 10.6. The zero-order valence-corrected chi connectivity index (χ0v) is 13.8. The van der Waals surface area contributed by atoms with E-state index in [0.29, 0.717) is 11.5 Å². The molecule has 0 aliphatic carbocycles. The van der Waals surface area contributed by atoms with E-state index in [2.05, 4.69) is 12.2 Å². The van der Waals surface area contributed by atoms with Gasteiger partial charge in [-0.2, -0.15) is 0 Å². The van der Waals surface area contributed by atoms with Gasteiger partial charge in [0.25, 0.3) is 0 Å². The second-order valence-electron chi connectivity index (χ2n) is 5.63. The summed E-state index contributed by atoms with van der Waals surface area (Å²) in [6, 6.07) is 11.1. The second kappa shape index (κ2) is 8.23. The Morgan fingerprint density at radius 3 is 1.52 bits per heavy atom. The lowest BCUT2D eigenvalue weighted by atomic mass is 9.93. The smallest absolute Gasteiger partial charge is 0.115 e. The summed E-state index contributed by atoms with van der Waals surface area (Å²) in [4.78, 5) is 0. The Morgan fingerprint density at radius 1 is 0.696 bits per heavy atom. The van der Waals surface area contributed by atoms with Gasteiger partial charge in [0.05, 0.1) is 0 Å². The van der Waals surface area contributed by atoms with Crippen LogP contribution >= 0.6 is 0 Å². The van der Waals surface area contributed by atoms with E-state index in [-0.39, 0.29) is 0 Å². The first kappa shape index (κ1) is 16.9. The minimum Gasteiger partial charge on any atom is -0.508 e. The van der Waals surface area contributed by atoms with Crippen LogP contribution in [0.1, 0.15) is 36.1 Å². The van der Waals surface area contributed by atoms with Gasteiger partial charge < -0.3 is 10.2 Å². The van der Waals surface area contributed by atoms with Gasteiger partial charge in [-0.05, 0) is 79.6 Å². The molecule has 0 atom stereocenters. The van der Waals surface area contributed by atoms with Crippen LogP contribution in [0.2, 0.25) is 0 Å². The van der Waals surface area contributed by atoms with Crippen LogP contribution in [-0.2, 0) is 19.3 Å². The molecule has 120 valence electrons. The van der Waals surface area contributed by atoms with Gasteiger partial charge in [-0.15, -0.1) is 0 Å². The zero-order chi connectivity index (χ0) is 16.7. The van der Waals surface area contributed by atoms with E-state index in [1.807, 2.05) is 50.3 Å². The van der Waals surface area contributed by atoms with Crippen molar-refractivity contribution in [2.75, 3.05) is 0 Å². The number of benzene rings is 2. The molecule has 0 saturated heterocycles. The predicted octanol–water partition coefficient (Wildman–Crippen LogP) is 4.93. The van der Waals surface area contributed by atoms with Crippen molar-refractivity contribution in [1.82, 2.24) is 0 Å². The van der Waals surface area contributed by atoms with Gasteiger partial charge in [-0.1, -0.05) is 36.4 Å². The molecule has 0 spiro atoms. The van der Waals surface area contributed by atoms with Crippen molar-refractivity contribution >= 4 is 0 Å². The van der Waals surface area contributed by atoms with Crippen molar-refractivity contribution in [3.8, 4) is 11.5 Å². The third-order valence-corrected chi connectivity index (χ3v) is 3.91. The summed E-state index contributed by atoms with van der Waals surface area (Å²) < 4.78 is 0. The summed E-state index contributed by atoms with van der Waals surface area (Å²) in [5, 5.41) is 19.5. The van der Waals surface area contributed by atoms with E-state index in [9.17, 15) is 10.2 Å². The second-order valence-corrected chi connectivity index (χ2v) is 5.63. The van der Waals surface area contributed by atoms with E-state index in [0.717, 1.165) is 30.4 Å². The van der Waals surface area contributed by atoms with Gasteiger partial charge in [-0.3, -0.25) is 0 Å². The van der Waals surface area contributed by atoms with E-state index in [4.69, 9.17) is 0 Å². The van der Waals surface area contributed by atoms with Gasteiger partial charge in [0.2, 0.25) is 0 Å². The molecule has 0 radical (unpaired) electrons. The van der Waals surface area contributed by atoms with E-state index < -0.39 is 0 Å². The van der Waals surface area contributed by atoms with Crippen LogP contribution in [0, 0.1) is 0 Å². The Kier molecular flexibility index (Phi) is 6.04. The molecule has 0 aliphatic rings. The summed E-state index contributed by atoms with van der Waals surface area (Å²) in [5.74, 6) is 0.598. The highest BCUT2D eigenvalue weighted by Gasteiger charge is 2.08. The average molecular weight is 308 g/mol. The molecule has 0 aromatic heterocycles. The molecule has 0 aliphatic heterocycles. The Morgan fingerprint density at radius 2 is 1.13 bits per heavy atom. The molecule has 0 saturated carbocycles. The first-order valence-corrected chi connectivity index (χ1v) is 7.98. The number of phenols is 2. The van der Waals surface area contributed by atoms with Crippen molar-refractivity contribution in [3.63, 3.8) is 0 Å². The molecule has 0 unspecified atom stereocenters. The molecule has 23 heavy (non-hydrogen) atoms. The van der Waals surface area contributed by atoms with Crippen molar-refractivity contribution in [1.29, 1.82) is 0 Å². The normalized spacial score (nSPS) is 11.6. The van der Waals surface area contributed by atoms with Gasteiger partial charge in [0, 0.05) is 0 Å². The molecule has 0 heterocycles. The van der Waals surface area contributed by atoms with Crippen LogP contribution in [0.5, 0.6) is 11.5 Å². The minimum atomic E-state index is 0.299. The Labute approximate surface area is 138 Å². The van der Waals surface area contributed by atoms with Gasteiger partial charge in [-0.25, -0.2) is 0 Å². The standard InChI is InChI=1S/C21H24O2/c1-3-5-7-16-14-20(22)11-9-18(16)13-19-10-12-21(23)15-17(19)8-6-4-2/h3-6,9-12,14-15,22-23H,7-8,13H2,1-2H3. The lowest BCUT2D eigenvalue weighted by molar-refractivity contribution is 0.474. The molecule has 0 fully saturated rings. The molecular weight excluding hydrogens is 284 g/mol. The average Bonchev–Trinajstić information content (AvgIpc) is 2.54. The van der Waals surface area contributed by atoms with Gasteiger partial charge in [0.15, 0.2) is 0 Å². The first-order valence-electron chi connectivity index (χ1n) is 7.98. The molecule has 0 amide bonds. The molecule has 2 rings (SSSR count). The van der Waals surface area contributed by atoms with Crippen LogP contribution in [-0.4, -0.2) is 10.2 Å². The van der Waals surface area contributed by atoms with Gasteiger partial charge >= 0.3 is 0 Å². The Bertz CT molecular complexity index is 650. The highest BCUT2D eigenvalue weighted by Crippen LogP contribution is 2.24. The maximum Gasteiger partial charge on any atom is 0.115 e. The van der Waals surface area contributed by atoms with Crippen LogP contribution < -0.4 is 0 Å². The Hall–Kier alpha value is -2.48. The van der Waals surface area contributed by atoms with Crippen molar-refractivity contribution in [3.05, 3.63) is 83.0 Å². The number of aromatic hydroxyl groups is 2. The lowest BCUT2D eigenvalue weighted by Crippen LogP contribution is -1.99. The fourth-order valence-corrected chi connectivity index (χ4v) is 2.64. The maximum absolute atomic E-state index is 9.74. The monoisotopic (exact) mass is 308 g/mol. The SMILES string of the molecule is CC=CCc1cc(O)ccc1Cc1ccc(O)cc1CC=CC. The highest BCUT2D eigenvalue weighted by molar-refractivity contribution is 5.43. The quantitative estimate of drug-likeness (QED) is 0.743. The molecule has 2 N–H and O–H groups in total. The fraction of sp³-hybridized carbons (Fsp3) is 0.238. The van der Waals surface area contributed by atoms with Crippen LogP contribution in [0.15, 0.2) is 60.7 Å². The molecule has 0 bridgehead atoms. The lowest BCUT2D eigenvalue weighted by Gasteiger charge is -2.12. The number of hydrogen-bond donors (Lipinski definition) is 2. The largest absolute Gasteiger partial charge is 0.508 e. The van der Waals surface area contributed by atoms with Crippen molar-refractivity contribution in [2.45, 2.75) is 33.1 Å². The van der Waals surface area contributed by atoms with E-state index >= 15 is 0 Å². The zero-order valence-electron chi connectivity index (χ0n) is 13.8. The highest BCUT2D eigenvalue weighted by atomic mass is 16.3. The van der Waals surface area contributed by atoms with Crippen LogP contribution in [0.4, 0.5) is 0 Å². The van der Waals surface area contributed by atoms with Crippen LogP contribution in [0.25, 0.3) is 0 Å². The predicted molar refractivity (Wildman–Crippen MR) is 96.1 cm³/mol. The fourth-order valence-electron chi connectivity index (χ4n) is 2.64. The molecule has 2 aromatic carbocycles. The number of allylic oxidation sites excluding steroid dienone is 4. The minimum absolute atomic E-state index is 0.299. The van der Waals surface area contributed by atoms with Crippen LogP contribution in [0.3, 0.4) is 0 Å². The third kappa shape index (κ3) is 4.75. The topological polar surface area (TPSA) is 40.5 Å². The summed E-state index contributed by atoms with van der Waals surface area (Å²) in [6.45, 7) is 4.00. The molecule has 2 heteroatoms. The van der Waals surface area contributed by atoms with E-state index in [1.165, 1.54) is 11.1 Å². The summed E-state index contributed by atoms with van der Waals surface area (Å²) in [7, 11) is 0. The summed E-state index contributed by atoms with van der Waals surface area (Å²) in [5.41, 5.74) is 4.67. The van der Waals surface area contributed by atoms with E-state index in [1.54, 1.807) is 12.1 Å². The maximum atomic E-state index is 9.74.